The van der Waals surface area contributed by atoms with E-state index in [2.05, 4.69) is 45.5 Å². The first kappa shape index (κ1) is 16.1. The largest absolute Gasteiger partial charge is 0.361 e. The average molecular weight is 337 g/mol. The maximum Gasteiger partial charge on any atom is 0.133 e. The van der Waals surface area contributed by atoms with Crippen LogP contribution >= 0.6 is 0 Å². The SMILES string of the molecule is Cc1cc(CN(Cc2cc(C)on2)CC2(c3ccccc3)CC2)no1. The zero-order valence-electron chi connectivity index (χ0n) is 14.7. The molecule has 25 heavy (non-hydrogen) atoms. The zero-order chi connectivity index (χ0) is 17.3. The summed E-state index contributed by atoms with van der Waals surface area (Å²) in [7, 11) is 0. The Bertz CT molecular complexity index is 791. The van der Waals surface area contributed by atoms with Gasteiger partial charge in [0.25, 0.3) is 0 Å². The Morgan fingerprint density at radius 2 is 1.48 bits per heavy atom. The summed E-state index contributed by atoms with van der Waals surface area (Å²) < 4.78 is 10.5. The van der Waals surface area contributed by atoms with Crippen LogP contribution in [0.2, 0.25) is 0 Å². The molecule has 0 amide bonds. The van der Waals surface area contributed by atoms with Gasteiger partial charge in [-0.2, -0.15) is 0 Å². The van der Waals surface area contributed by atoms with Crippen LogP contribution < -0.4 is 0 Å². The molecule has 1 aromatic carbocycles. The number of benzene rings is 1. The van der Waals surface area contributed by atoms with Crippen molar-refractivity contribution >= 4 is 0 Å². The highest BCUT2D eigenvalue weighted by molar-refractivity contribution is 5.31. The molecule has 0 unspecified atom stereocenters. The fourth-order valence-electron chi connectivity index (χ4n) is 3.52. The van der Waals surface area contributed by atoms with Gasteiger partial charge < -0.3 is 9.05 Å². The number of rotatable bonds is 7. The molecule has 3 aromatic rings. The number of hydrogen-bond donors (Lipinski definition) is 0. The van der Waals surface area contributed by atoms with E-state index in [4.69, 9.17) is 9.05 Å². The summed E-state index contributed by atoms with van der Waals surface area (Å²) in [6.45, 7) is 6.33. The second-order valence-corrected chi connectivity index (χ2v) is 7.15. The second-order valence-electron chi connectivity index (χ2n) is 7.15. The predicted octanol–water partition coefficient (Wildman–Crippen LogP) is 4.01. The van der Waals surface area contributed by atoms with E-state index in [1.807, 2.05) is 26.0 Å². The molecule has 0 N–H and O–H groups in total. The van der Waals surface area contributed by atoms with E-state index >= 15 is 0 Å². The lowest BCUT2D eigenvalue weighted by molar-refractivity contribution is 0.218. The van der Waals surface area contributed by atoms with Gasteiger partial charge in [0, 0.05) is 37.2 Å². The molecule has 1 aliphatic carbocycles. The normalized spacial score (nSPS) is 15.6. The van der Waals surface area contributed by atoms with E-state index in [-0.39, 0.29) is 5.41 Å². The summed E-state index contributed by atoms with van der Waals surface area (Å²) in [6.07, 6.45) is 2.45. The van der Waals surface area contributed by atoms with Crippen LogP contribution in [0.4, 0.5) is 0 Å². The van der Waals surface area contributed by atoms with Crippen molar-refractivity contribution in [1.82, 2.24) is 15.2 Å². The smallest absolute Gasteiger partial charge is 0.133 e. The summed E-state index contributed by atoms with van der Waals surface area (Å²) in [5, 5.41) is 8.33. The fraction of sp³-hybridized carbons (Fsp3) is 0.400. The van der Waals surface area contributed by atoms with Crippen molar-refractivity contribution in [1.29, 1.82) is 0 Å². The van der Waals surface area contributed by atoms with Crippen molar-refractivity contribution in [3.63, 3.8) is 0 Å². The van der Waals surface area contributed by atoms with Gasteiger partial charge in [-0.3, -0.25) is 4.90 Å². The monoisotopic (exact) mass is 337 g/mol. The molecule has 1 aliphatic rings. The quantitative estimate of drug-likeness (QED) is 0.652. The van der Waals surface area contributed by atoms with E-state index in [9.17, 15) is 0 Å². The summed E-state index contributed by atoms with van der Waals surface area (Å²) >= 11 is 0. The zero-order valence-corrected chi connectivity index (χ0v) is 14.7. The van der Waals surface area contributed by atoms with Gasteiger partial charge in [-0.05, 0) is 32.3 Å². The maximum atomic E-state index is 5.24. The van der Waals surface area contributed by atoms with Gasteiger partial charge in [0.15, 0.2) is 0 Å². The van der Waals surface area contributed by atoms with Crippen LogP contribution in [0.25, 0.3) is 0 Å². The molecule has 5 heteroatoms. The van der Waals surface area contributed by atoms with Crippen LogP contribution in [-0.2, 0) is 18.5 Å². The van der Waals surface area contributed by atoms with Crippen molar-refractivity contribution in [3.05, 3.63) is 70.9 Å². The Morgan fingerprint density at radius 1 is 0.920 bits per heavy atom. The Hall–Kier alpha value is -2.40. The molecule has 0 saturated heterocycles. The lowest BCUT2D eigenvalue weighted by Gasteiger charge is -2.26. The van der Waals surface area contributed by atoms with Gasteiger partial charge in [0.05, 0.1) is 11.4 Å². The summed E-state index contributed by atoms with van der Waals surface area (Å²) in [5.74, 6) is 1.69. The minimum atomic E-state index is 0.249. The molecule has 0 aliphatic heterocycles. The predicted molar refractivity (Wildman–Crippen MR) is 93.9 cm³/mol. The van der Waals surface area contributed by atoms with Gasteiger partial charge in [0.1, 0.15) is 11.5 Å². The topological polar surface area (TPSA) is 55.3 Å². The first-order valence-corrected chi connectivity index (χ1v) is 8.75. The van der Waals surface area contributed by atoms with Gasteiger partial charge in [0.2, 0.25) is 0 Å². The highest BCUT2D eigenvalue weighted by Crippen LogP contribution is 2.49. The summed E-state index contributed by atoms with van der Waals surface area (Å²) in [6, 6.07) is 14.8. The number of aromatic nitrogens is 2. The molecular formula is C20H23N3O2. The Kier molecular flexibility index (Phi) is 4.17. The average Bonchev–Trinajstić information content (AvgIpc) is 3.10. The Balaban J connectivity index is 1.54. The standard InChI is InChI=1S/C20H23N3O2/c1-15-10-18(21-24-15)12-23(13-19-11-16(2)25-22-19)14-20(8-9-20)17-6-4-3-5-7-17/h3-7,10-11H,8-9,12-14H2,1-2H3. The highest BCUT2D eigenvalue weighted by atomic mass is 16.5. The van der Waals surface area contributed by atoms with Crippen molar-refractivity contribution in [2.24, 2.45) is 0 Å². The molecule has 2 aromatic heterocycles. The second kappa shape index (κ2) is 6.48. The van der Waals surface area contributed by atoms with E-state index in [0.29, 0.717) is 0 Å². The van der Waals surface area contributed by atoms with Crippen molar-refractivity contribution < 1.29 is 9.05 Å². The third-order valence-electron chi connectivity index (χ3n) is 4.89. The number of hydrogen-bond acceptors (Lipinski definition) is 5. The first-order valence-electron chi connectivity index (χ1n) is 8.75. The third kappa shape index (κ3) is 3.66. The molecular weight excluding hydrogens is 314 g/mol. The minimum Gasteiger partial charge on any atom is -0.361 e. The van der Waals surface area contributed by atoms with E-state index < -0.39 is 0 Å². The molecule has 5 nitrogen and oxygen atoms in total. The van der Waals surface area contributed by atoms with E-state index in [1.54, 1.807) is 0 Å². The van der Waals surface area contributed by atoms with Crippen LogP contribution in [0.3, 0.4) is 0 Å². The number of aryl methyl sites for hydroxylation is 2. The van der Waals surface area contributed by atoms with Gasteiger partial charge >= 0.3 is 0 Å². The Morgan fingerprint density at radius 3 is 1.92 bits per heavy atom. The van der Waals surface area contributed by atoms with E-state index in [1.165, 1.54) is 18.4 Å². The molecule has 4 rings (SSSR count). The molecule has 0 spiro atoms. The Labute approximate surface area is 147 Å². The van der Waals surface area contributed by atoms with E-state index in [0.717, 1.165) is 42.5 Å². The lowest BCUT2D eigenvalue weighted by Crippen LogP contribution is -2.32. The summed E-state index contributed by atoms with van der Waals surface area (Å²) in [5.41, 5.74) is 3.59. The van der Waals surface area contributed by atoms with Crippen LogP contribution in [0.5, 0.6) is 0 Å². The molecule has 1 saturated carbocycles. The summed E-state index contributed by atoms with van der Waals surface area (Å²) in [4.78, 5) is 2.40. The lowest BCUT2D eigenvalue weighted by atomic mass is 9.95. The molecule has 0 bridgehead atoms. The minimum absolute atomic E-state index is 0.249. The molecule has 1 fully saturated rings. The van der Waals surface area contributed by atoms with Crippen LogP contribution in [0.15, 0.2) is 51.5 Å². The van der Waals surface area contributed by atoms with Crippen molar-refractivity contribution in [2.45, 2.75) is 45.2 Å². The molecule has 2 heterocycles. The number of nitrogens with zero attached hydrogens (tertiary/aromatic N) is 3. The highest BCUT2D eigenvalue weighted by Gasteiger charge is 2.45. The molecule has 0 radical (unpaired) electrons. The molecule has 0 atom stereocenters. The van der Waals surface area contributed by atoms with Crippen LogP contribution in [0.1, 0.15) is 41.3 Å². The van der Waals surface area contributed by atoms with Gasteiger partial charge in [-0.15, -0.1) is 0 Å². The van der Waals surface area contributed by atoms with Gasteiger partial charge in [-0.25, -0.2) is 0 Å². The van der Waals surface area contributed by atoms with Gasteiger partial charge in [-0.1, -0.05) is 40.6 Å². The maximum absolute atomic E-state index is 5.24. The van der Waals surface area contributed by atoms with Crippen LogP contribution in [-0.4, -0.2) is 21.8 Å². The molecule has 130 valence electrons. The fourth-order valence-corrected chi connectivity index (χ4v) is 3.52. The van der Waals surface area contributed by atoms with Crippen molar-refractivity contribution in [3.8, 4) is 0 Å². The van der Waals surface area contributed by atoms with Crippen LogP contribution in [0, 0.1) is 13.8 Å². The van der Waals surface area contributed by atoms with Crippen molar-refractivity contribution in [2.75, 3.05) is 6.54 Å². The third-order valence-corrected chi connectivity index (χ3v) is 4.89. The first-order chi connectivity index (χ1) is 12.1.